The second kappa shape index (κ2) is 10.6. The van der Waals surface area contributed by atoms with Crippen LogP contribution in [0, 0.1) is 5.92 Å². The average molecular weight is 312 g/mol. The molecule has 1 N–H and O–H groups in total. The van der Waals surface area contributed by atoms with Gasteiger partial charge in [0.2, 0.25) is 0 Å². The maximum Gasteiger partial charge on any atom is 0.0220 e. The fourth-order valence-corrected chi connectivity index (χ4v) is 3.29. The highest BCUT2D eigenvalue weighted by Gasteiger charge is 2.25. The molecule has 0 aliphatic carbocycles. The van der Waals surface area contributed by atoms with Crippen LogP contribution in [0.5, 0.6) is 0 Å². The lowest BCUT2D eigenvalue weighted by Crippen LogP contribution is -2.49. The lowest BCUT2D eigenvalue weighted by Gasteiger charge is -2.39. The van der Waals surface area contributed by atoms with Gasteiger partial charge in [-0.25, -0.2) is 0 Å². The van der Waals surface area contributed by atoms with Crippen molar-refractivity contribution >= 4 is 0 Å². The summed E-state index contributed by atoms with van der Waals surface area (Å²) in [4.78, 5) is 5.22. The summed E-state index contributed by atoms with van der Waals surface area (Å²) in [5.74, 6) is 0.877. The smallest absolute Gasteiger partial charge is 0.0220 e. The van der Waals surface area contributed by atoms with Gasteiger partial charge in [0.25, 0.3) is 0 Å². The zero-order valence-electron chi connectivity index (χ0n) is 16.1. The molecule has 1 heterocycles. The van der Waals surface area contributed by atoms with Crippen molar-refractivity contribution < 1.29 is 0 Å². The molecular formula is C19H41N3. The number of hydrogen-bond acceptors (Lipinski definition) is 3. The normalized spacial score (nSPS) is 23.9. The van der Waals surface area contributed by atoms with Gasteiger partial charge in [0.15, 0.2) is 0 Å². The molecule has 3 heteroatoms. The Hall–Kier alpha value is -0.120. The monoisotopic (exact) mass is 311 g/mol. The van der Waals surface area contributed by atoms with Gasteiger partial charge in [-0.2, -0.15) is 0 Å². The van der Waals surface area contributed by atoms with Gasteiger partial charge in [0.1, 0.15) is 0 Å². The maximum absolute atomic E-state index is 3.64. The zero-order chi connectivity index (χ0) is 16.5. The zero-order valence-corrected chi connectivity index (χ0v) is 16.1. The fraction of sp³-hybridized carbons (Fsp3) is 1.00. The third-order valence-corrected chi connectivity index (χ3v) is 5.15. The molecule has 1 saturated heterocycles. The first-order chi connectivity index (χ1) is 10.4. The molecule has 132 valence electrons. The van der Waals surface area contributed by atoms with E-state index in [1.165, 1.54) is 58.3 Å². The number of nitrogens with zero attached hydrogens (tertiary/aromatic N) is 2. The predicted molar refractivity (Wildman–Crippen MR) is 98.5 cm³/mol. The SMILES string of the molecule is CC1CCC(CNC(C)C)N(CCCCCN(C)C(C)C)C1. The molecule has 0 aromatic rings. The van der Waals surface area contributed by atoms with Crippen LogP contribution in [0.1, 0.15) is 66.7 Å². The van der Waals surface area contributed by atoms with Crippen LogP contribution in [0.2, 0.25) is 0 Å². The molecule has 0 spiro atoms. The number of hydrogen-bond donors (Lipinski definition) is 1. The van der Waals surface area contributed by atoms with Gasteiger partial charge in [0.05, 0.1) is 0 Å². The van der Waals surface area contributed by atoms with Crippen LogP contribution in [-0.2, 0) is 0 Å². The van der Waals surface area contributed by atoms with Crippen molar-refractivity contribution in [2.24, 2.45) is 5.92 Å². The topological polar surface area (TPSA) is 18.5 Å². The molecule has 0 saturated carbocycles. The van der Waals surface area contributed by atoms with Crippen LogP contribution < -0.4 is 5.32 Å². The van der Waals surface area contributed by atoms with Crippen LogP contribution in [0.15, 0.2) is 0 Å². The van der Waals surface area contributed by atoms with Crippen molar-refractivity contribution in [1.82, 2.24) is 15.1 Å². The largest absolute Gasteiger partial charge is 0.313 e. The van der Waals surface area contributed by atoms with Crippen LogP contribution in [0.3, 0.4) is 0 Å². The van der Waals surface area contributed by atoms with Crippen molar-refractivity contribution in [2.75, 3.05) is 33.2 Å². The summed E-state index contributed by atoms with van der Waals surface area (Å²) in [5.41, 5.74) is 0. The minimum atomic E-state index is 0.604. The molecule has 1 aliphatic rings. The molecule has 2 atom stereocenters. The van der Waals surface area contributed by atoms with Gasteiger partial charge in [-0.1, -0.05) is 27.2 Å². The van der Waals surface area contributed by atoms with E-state index < -0.39 is 0 Å². The summed E-state index contributed by atoms with van der Waals surface area (Å²) in [6.45, 7) is 16.5. The molecule has 0 aromatic heterocycles. The highest BCUT2D eigenvalue weighted by Crippen LogP contribution is 2.22. The van der Waals surface area contributed by atoms with Gasteiger partial charge < -0.3 is 10.2 Å². The summed E-state index contributed by atoms with van der Waals surface area (Å²) < 4.78 is 0. The molecule has 0 radical (unpaired) electrons. The Morgan fingerprint density at radius 1 is 1.09 bits per heavy atom. The van der Waals surface area contributed by atoms with Gasteiger partial charge in [0, 0.05) is 31.2 Å². The lowest BCUT2D eigenvalue weighted by atomic mass is 9.93. The first kappa shape index (κ1) is 19.9. The lowest BCUT2D eigenvalue weighted by molar-refractivity contribution is 0.108. The summed E-state index contributed by atoms with van der Waals surface area (Å²) in [6, 6.07) is 2.04. The van der Waals surface area contributed by atoms with Gasteiger partial charge in [-0.3, -0.25) is 4.90 Å². The molecule has 1 fully saturated rings. The Morgan fingerprint density at radius 2 is 1.82 bits per heavy atom. The minimum absolute atomic E-state index is 0.604. The van der Waals surface area contributed by atoms with E-state index in [1.807, 2.05) is 0 Å². The molecular weight excluding hydrogens is 270 g/mol. The van der Waals surface area contributed by atoms with Crippen LogP contribution >= 0.6 is 0 Å². The first-order valence-electron chi connectivity index (χ1n) is 9.57. The van der Waals surface area contributed by atoms with Gasteiger partial charge in [-0.15, -0.1) is 0 Å². The highest BCUT2D eigenvalue weighted by atomic mass is 15.2. The van der Waals surface area contributed by atoms with Gasteiger partial charge in [-0.05, 0) is 65.6 Å². The Balaban J connectivity index is 2.24. The van der Waals surface area contributed by atoms with E-state index in [1.54, 1.807) is 0 Å². The van der Waals surface area contributed by atoms with E-state index >= 15 is 0 Å². The number of unbranched alkanes of at least 4 members (excludes halogenated alkanes) is 2. The Labute approximate surface area is 139 Å². The summed E-state index contributed by atoms with van der Waals surface area (Å²) in [5, 5.41) is 3.64. The molecule has 22 heavy (non-hydrogen) atoms. The molecule has 1 aliphatic heterocycles. The fourth-order valence-electron chi connectivity index (χ4n) is 3.29. The average Bonchev–Trinajstić information content (AvgIpc) is 2.45. The standard InChI is InChI=1S/C19H41N3/c1-16(2)20-14-19-11-10-18(5)15-22(19)13-9-7-8-12-21(6)17(3)4/h16-20H,7-15H2,1-6H3. The molecule has 1 rings (SSSR count). The highest BCUT2D eigenvalue weighted by molar-refractivity contribution is 4.82. The quantitative estimate of drug-likeness (QED) is 0.622. The summed E-state index contributed by atoms with van der Waals surface area (Å²) in [6.07, 6.45) is 6.84. The second-order valence-electron chi connectivity index (χ2n) is 8.03. The Bertz CT molecular complexity index is 278. The number of piperidine rings is 1. The molecule has 3 nitrogen and oxygen atoms in total. The van der Waals surface area contributed by atoms with Crippen molar-refractivity contribution in [3.05, 3.63) is 0 Å². The molecule has 2 unspecified atom stereocenters. The summed E-state index contributed by atoms with van der Waals surface area (Å²) >= 11 is 0. The van der Waals surface area contributed by atoms with Crippen LogP contribution in [0.25, 0.3) is 0 Å². The molecule has 0 bridgehead atoms. The van der Waals surface area contributed by atoms with E-state index in [9.17, 15) is 0 Å². The third kappa shape index (κ3) is 7.94. The Morgan fingerprint density at radius 3 is 2.45 bits per heavy atom. The van der Waals surface area contributed by atoms with Crippen LogP contribution in [-0.4, -0.2) is 61.2 Å². The summed E-state index contributed by atoms with van der Waals surface area (Å²) in [7, 11) is 2.24. The van der Waals surface area contributed by atoms with E-state index in [2.05, 4.69) is 56.8 Å². The Kier molecular flexibility index (Phi) is 9.62. The molecule has 0 aromatic carbocycles. The number of nitrogens with one attached hydrogen (secondary N) is 1. The van der Waals surface area contributed by atoms with Crippen LogP contribution in [0.4, 0.5) is 0 Å². The minimum Gasteiger partial charge on any atom is -0.313 e. The maximum atomic E-state index is 3.64. The van der Waals surface area contributed by atoms with Crippen molar-refractivity contribution in [3.8, 4) is 0 Å². The molecule has 0 amide bonds. The first-order valence-corrected chi connectivity index (χ1v) is 9.57. The van der Waals surface area contributed by atoms with E-state index in [-0.39, 0.29) is 0 Å². The second-order valence-corrected chi connectivity index (χ2v) is 8.03. The van der Waals surface area contributed by atoms with E-state index in [4.69, 9.17) is 0 Å². The van der Waals surface area contributed by atoms with Crippen molar-refractivity contribution in [1.29, 1.82) is 0 Å². The third-order valence-electron chi connectivity index (χ3n) is 5.15. The van der Waals surface area contributed by atoms with Gasteiger partial charge >= 0.3 is 0 Å². The van der Waals surface area contributed by atoms with E-state index in [0.717, 1.165) is 12.0 Å². The predicted octanol–water partition coefficient (Wildman–Crippen LogP) is 3.60. The number of likely N-dealkylation sites (tertiary alicyclic amines) is 1. The van der Waals surface area contributed by atoms with E-state index in [0.29, 0.717) is 12.1 Å². The van der Waals surface area contributed by atoms with Crippen molar-refractivity contribution in [2.45, 2.75) is 84.8 Å². The number of rotatable bonds is 10. The van der Waals surface area contributed by atoms with Crippen molar-refractivity contribution in [3.63, 3.8) is 0 Å².